The summed E-state index contributed by atoms with van der Waals surface area (Å²) in [6.45, 7) is 2.04. The Balaban J connectivity index is 1.53. The van der Waals surface area contributed by atoms with E-state index in [-0.39, 0.29) is 17.6 Å². The Morgan fingerprint density at radius 2 is 1.85 bits per heavy atom. The summed E-state index contributed by atoms with van der Waals surface area (Å²) < 4.78 is 0.647. The first-order chi connectivity index (χ1) is 13.2. The second kappa shape index (κ2) is 9.48. The van der Waals surface area contributed by atoms with Crippen molar-refractivity contribution in [2.75, 3.05) is 16.4 Å². The van der Waals surface area contributed by atoms with Crippen molar-refractivity contribution in [1.82, 2.24) is 10.2 Å². The van der Waals surface area contributed by atoms with Gasteiger partial charge in [-0.3, -0.25) is 9.59 Å². The van der Waals surface area contributed by atoms with Crippen molar-refractivity contribution in [3.8, 4) is 0 Å². The highest BCUT2D eigenvalue weighted by Gasteiger charge is 2.11. The number of anilines is 2. The van der Waals surface area contributed by atoms with Crippen LogP contribution in [-0.4, -0.2) is 27.8 Å². The standard InChI is InChI=1S/C19H20N4O2S2/c1-2-3-11-16(24)21-18-22-23-19(27-18)26-12-17(25)20-15-10-6-8-13-7-4-5-9-14(13)15/h4-10H,2-3,11-12H2,1H3,(H,20,25)(H,21,22,24). The Hall–Kier alpha value is -2.45. The van der Waals surface area contributed by atoms with E-state index >= 15 is 0 Å². The molecule has 0 atom stereocenters. The summed E-state index contributed by atoms with van der Waals surface area (Å²) in [5.74, 6) is 0.0556. The molecule has 0 saturated carbocycles. The zero-order valence-electron chi connectivity index (χ0n) is 14.9. The monoisotopic (exact) mass is 400 g/mol. The zero-order valence-corrected chi connectivity index (χ0v) is 16.5. The van der Waals surface area contributed by atoms with Crippen molar-refractivity contribution in [3.63, 3.8) is 0 Å². The molecule has 0 bridgehead atoms. The molecule has 0 radical (unpaired) electrons. The van der Waals surface area contributed by atoms with Gasteiger partial charge in [0.1, 0.15) is 0 Å². The van der Waals surface area contributed by atoms with E-state index in [9.17, 15) is 9.59 Å². The summed E-state index contributed by atoms with van der Waals surface area (Å²) in [6.07, 6.45) is 2.29. The van der Waals surface area contributed by atoms with Gasteiger partial charge in [0, 0.05) is 17.5 Å². The number of benzene rings is 2. The largest absolute Gasteiger partial charge is 0.325 e. The number of hydrogen-bond acceptors (Lipinski definition) is 6. The smallest absolute Gasteiger partial charge is 0.234 e. The Bertz CT molecular complexity index is 937. The molecule has 140 valence electrons. The Kier molecular flexibility index (Phi) is 6.78. The first kappa shape index (κ1) is 19.3. The lowest BCUT2D eigenvalue weighted by molar-refractivity contribution is -0.116. The Labute approximate surface area is 165 Å². The van der Waals surface area contributed by atoms with E-state index in [0.29, 0.717) is 15.9 Å². The van der Waals surface area contributed by atoms with Gasteiger partial charge < -0.3 is 10.6 Å². The normalized spacial score (nSPS) is 10.7. The fourth-order valence-corrected chi connectivity index (χ4v) is 4.05. The van der Waals surface area contributed by atoms with E-state index in [4.69, 9.17) is 0 Å². The van der Waals surface area contributed by atoms with E-state index < -0.39 is 0 Å². The molecule has 1 aromatic heterocycles. The van der Waals surface area contributed by atoms with Gasteiger partial charge in [0.15, 0.2) is 4.34 Å². The maximum absolute atomic E-state index is 12.3. The highest BCUT2D eigenvalue weighted by Crippen LogP contribution is 2.27. The minimum absolute atomic E-state index is 0.0572. The number of rotatable bonds is 8. The molecule has 0 saturated heterocycles. The van der Waals surface area contributed by atoms with Crippen LogP contribution in [-0.2, 0) is 9.59 Å². The maximum atomic E-state index is 12.3. The van der Waals surface area contributed by atoms with Crippen molar-refractivity contribution < 1.29 is 9.59 Å². The van der Waals surface area contributed by atoms with Crippen molar-refractivity contribution in [3.05, 3.63) is 42.5 Å². The number of hydrogen-bond donors (Lipinski definition) is 2. The Morgan fingerprint density at radius 1 is 1.04 bits per heavy atom. The second-order valence-electron chi connectivity index (χ2n) is 5.89. The molecule has 1 heterocycles. The number of carbonyl (C=O) groups excluding carboxylic acids is 2. The van der Waals surface area contributed by atoms with Crippen LogP contribution in [0.5, 0.6) is 0 Å². The lowest BCUT2D eigenvalue weighted by Crippen LogP contribution is -2.14. The van der Waals surface area contributed by atoms with Gasteiger partial charge in [0.25, 0.3) is 0 Å². The molecular formula is C19H20N4O2S2. The van der Waals surface area contributed by atoms with Crippen LogP contribution in [0, 0.1) is 0 Å². The molecule has 0 spiro atoms. The zero-order chi connectivity index (χ0) is 19.1. The molecule has 3 rings (SSSR count). The molecule has 0 aliphatic rings. The molecule has 2 aromatic carbocycles. The van der Waals surface area contributed by atoms with Gasteiger partial charge in [0.05, 0.1) is 5.75 Å². The molecule has 2 amide bonds. The van der Waals surface area contributed by atoms with Gasteiger partial charge in [-0.1, -0.05) is 72.8 Å². The highest BCUT2D eigenvalue weighted by atomic mass is 32.2. The van der Waals surface area contributed by atoms with Crippen LogP contribution in [0.15, 0.2) is 46.8 Å². The van der Waals surface area contributed by atoms with E-state index in [0.717, 1.165) is 29.3 Å². The molecular weight excluding hydrogens is 380 g/mol. The third kappa shape index (κ3) is 5.51. The van der Waals surface area contributed by atoms with Crippen molar-refractivity contribution in [2.24, 2.45) is 0 Å². The SMILES string of the molecule is CCCCC(=O)Nc1nnc(SCC(=O)Nc2cccc3ccccc23)s1. The molecule has 6 nitrogen and oxygen atoms in total. The number of amides is 2. The van der Waals surface area contributed by atoms with Crippen molar-refractivity contribution >= 4 is 56.5 Å². The van der Waals surface area contributed by atoms with Gasteiger partial charge in [-0.25, -0.2) is 0 Å². The van der Waals surface area contributed by atoms with Gasteiger partial charge in [-0.15, -0.1) is 10.2 Å². The number of unbranched alkanes of at least 4 members (excludes halogenated alkanes) is 1. The number of nitrogens with zero attached hydrogens (tertiary/aromatic N) is 2. The van der Waals surface area contributed by atoms with Gasteiger partial charge in [0.2, 0.25) is 16.9 Å². The number of aromatic nitrogens is 2. The highest BCUT2D eigenvalue weighted by molar-refractivity contribution is 8.01. The average Bonchev–Trinajstić information content (AvgIpc) is 3.12. The molecule has 0 fully saturated rings. The third-order valence-electron chi connectivity index (χ3n) is 3.80. The summed E-state index contributed by atoms with van der Waals surface area (Å²) in [7, 11) is 0. The quantitative estimate of drug-likeness (QED) is 0.428. The molecule has 2 N–H and O–H groups in total. The first-order valence-electron chi connectivity index (χ1n) is 8.69. The predicted octanol–water partition coefficient (Wildman–Crippen LogP) is 4.55. The topological polar surface area (TPSA) is 84.0 Å². The minimum Gasteiger partial charge on any atom is -0.325 e. The predicted molar refractivity (Wildman–Crippen MR) is 111 cm³/mol. The molecule has 3 aromatic rings. The minimum atomic E-state index is -0.111. The molecule has 8 heteroatoms. The third-order valence-corrected chi connectivity index (χ3v) is 5.77. The lowest BCUT2D eigenvalue weighted by atomic mass is 10.1. The van der Waals surface area contributed by atoms with Crippen molar-refractivity contribution in [2.45, 2.75) is 30.5 Å². The lowest BCUT2D eigenvalue weighted by Gasteiger charge is -2.08. The number of nitrogens with one attached hydrogen (secondary N) is 2. The second-order valence-corrected chi connectivity index (χ2v) is 8.09. The van der Waals surface area contributed by atoms with Crippen LogP contribution in [0.25, 0.3) is 10.8 Å². The number of carbonyl (C=O) groups is 2. The summed E-state index contributed by atoms with van der Waals surface area (Å²) >= 11 is 2.57. The van der Waals surface area contributed by atoms with Crippen LogP contribution in [0.4, 0.5) is 10.8 Å². The van der Waals surface area contributed by atoms with E-state index in [1.807, 2.05) is 49.4 Å². The first-order valence-corrected chi connectivity index (χ1v) is 10.5. The Morgan fingerprint density at radius 3 is 2.70 bits per heavy atom. The van der Waals surface area contributed by atoms with Gasteiger partial charge in [-0.05, 0) is 17.9 Å². The fourth-order valence-electron chi connectivity index (χ4n) is 2.49. The van der Waals surface area contributed by atoms with Gasteiger partial charge in [-0.2, -0.15) is 0 Å². The molecule has 0 unspecified atom stereocenters. The maximum Gasteiger partial charge on any atom is 0.234 e. The summed E-state index contributed by atoms with van der Waals surface area (Å²) in [5.41, 5.74) is 0.792. The van der Waals surface area contributed by atoms with E-state index in [1.54, 1.807) is 0 Å². The van der Waals surface area contributed by atoms with Crippen LogP contribution in [0.3, 0.4) is 0 Å². The fraction of sp³-hybridized carbons (Fsp3) is 0.263. The number of fused-ring (bicyclic) bond motifs is 1. The van der Waals surface area contributed by atoms with E-state index in [1.165, 1.54) is 23.1 Å². The van der Waals surface area contributed by atoms with E-state index in [2.05, 4.69) is 20.8 Å². The van der Waals surface area contributed by atoms with Crippen LogP contribution >= 0.6 is 23.1 Å². The summed E-state index contributed by atoms with van der Waals surface area (Å²) in [5, 5.41) is 16.2. The summed E-state index contributed by atoms with van der Waals surface area (Å²) in [6, 6.07) is 13.7. The van der Waals surface area contributed by atoms with Crippen LogP contribution in [0.2, 0.25) is 0 Å². The molecule has 0 aliphatic heterocycles. The number of thioether (sulfide) groups is 1. The average molecular weight is 401 g/mol. The van der Waals surface area contributed by atoms with Gasteiger partial charge >= 0.3 is 0 Å². The molecule has 0 aliphatic carbocycles. The molecule has 27 heavy (non-hydrogen) atoms. The van der Waals surface area contributed by atoms with Crippen molar-refractivity contribution in [1.29, 1.82) is 0 Å². The summed E-state index contributed by atoms with van der Waals surface area (Å²) in [4.78, 5) is 24.0. The van der Waals surface area contributed by atoms with Crippen LogP contribution < -0.4 is 10.6 Å². The van der Waals surface area contributed by atoms with Crippen LogP contribution in [0.1, 0.15) is 26.2 Å².